The van der Waals surface area contributed by atoms with Crippen LogP contribution in [0.5, 0.6) is 0 Å². The lowest BCUT2D eigenvalue weighted by atomic mass is 9.85. The molecule has 1 aliphatic carbocycles. The van der Waals surface area contributed by atoms with Gasteiger partial charge in [0.15, 0.2) is 17.8 Å². The minimum Gasteiger partial charge on any atom is -0.348 e. The highest BCUT2D eigenvalue weighted by Crippen LogP contribution is 2.36. The van der Waals surface area contributed by atoms with Gasteiger partial charge in [-0.3, -0.25) is 9.69 Å². The van der Waals surface area contributed by atoms with E-state index in [0.717, 1.165) is 0 Å². The molecular weight excluding hydrogens is 450 g/mol. The van der Waals surface area contributed by atoms with Crippen LogP contribution < -0.4 is 0 Å². The Kier molecular flexibility index (Phi) is 7.30. The minimum atomic E-state index is -4.47. The van der Waals surface area contributed by atoms with Crippen LogP contribution in [-0.2, 0) is 4.79 Å². The highest BCUT2D eigenvalue weighted by molar-refractivity contribution is 5.99. The van der Waals surface area contributed by atoms with E-state index in [1.165, 1.54) is 28.7 Å². The Morgan fingerprint density at radius 3 is 2.55 bits per heavy atom. The van der Waals surface area contributed by atoms with Crippen molar-refractivity contribution in [2.45, 2.75) is 57.7 Å². The van der Waals surface area contributed by atoms with Crippen molar-refractivity contribution < 1.29 is 31.1 Å². The highest BCUT2D eigenvalue weighted by Gasteiger charge is 2.50. The quantitative estimate of drug-likeness (QED) is 0.479. The van der Waals surface area contributed by atoms with Crippen molar-refractivity contribution in [2.24, 2.45) is 5.92 Å². The summed E-state index contributed by atoms with van der Waals surface area (Å²) in [6, 6.07) is -0.341. The molecule has 33 heavy (non-hydrogen) atoms. The van der Waals surface area contributed by atoms with E-state index in [-0.39, 0.29) is 49.8 Å². The number of hydrogen-bond acceptors (Lipinski definition) is 4. The van der Waals surface area contributed by atoms with Gasteiger partial charge in [0, 0.05) is 36.5 Å². The molecule has 0 saturated carbocycles. The molecule has 5 nitrogen and oxygen atoms in total. The number of nitrogens with zero attached hydrogens (tertiary/aromatic N) is 3. The Balaban J connectivity index is 1.65. The number of piperazine rings is 1. The largest absolute Gasteiger partial charge is 0.422 e. The molecule has 11 heteroatoms. The summed E-state index contributed by atoms with van der Waals surface area (Å²) >= 11 is 0. The molecular formula is C22H28F6N4O. The summed E-state index contributed by atoms with van der Waals surface area (Å²) in [4.78, 5) is 16.7. The average Bonchev–Trinajstić information content (AvgIpc) is 2.85. The van der Waals surface area contributed by atoms with Gasteiger partial charge in [-0.25, -0.2) is 13.2 Å². The Labute approximate surface area is 188 Å². The van der Waals surface area contributed by atoms with E-state index in [2.05, 4.69) is 0 Å². The number of rotatable bonds is 4. The van der Waals surface area contributed by atoms with Crippen molar-refractivity contribution in [1.29, 1.82) is 5.41 Å². The number of carbonyl (C=O) groups excluding carboxylic acids is 1. The summed E-state index contributed by atoms with van der Waals surface area (Å²) in [7, 11) is 1.43. The molecule has 4 unspecified atom stereocenters. The zero-order valence-corrected chi connectivity index (χ0v) is 18.7. The van der Waals surface area contributed by atoms with Gasteiger partial charge in [-0.2, -0.15) is 13.2 Å². The second-order valence-corrected chi connectivity index (χ2v) is 8.92. The first-order chi connectivity index (χ1) is 15.3. The molecule has 3 rings (SSSR count). The summed E-state index contributed by atoms with van der Waals surface area (Å²) in [6.45, 7) is 2.98. The van der Waals surface area contributed by atoms with Crippen LogP contribution >= 0.6 is 0 Å². The van der Waals surface area contributed by atoms with Crippen molar-refractivity contribution in [3.63, 3.8) is 0 Å². The molecule has 0 spiro atoms. The number of nitrogens with one attached hydrogen (secondary N) is 1. The molecule has 1 amide bonds. The monoisotopic (exact) mass is 478 g/mol. The van der Waals surface area contributed by atoms with Crippen molar-refractivity contribution in [3.05, 3.63) is 35.1 Å². The van der Waals surface area contributed by atoms with E-state index >= 15 is 0 Å². The van der Waals surface area contributed by atoms with Gasteiger partial charge in [0.1, 0.15) is 6.17 Å². The van der Waals surface area contributed by atoms with E-state index in [0.29, 0.717) is 18.2 Å². The smallest absolute Gasteiger partial charge is 0.348 e. The predicted octanol–water partition coefficient (Wildman–Crippen LogP) is 4.49. The van der Waals surface area contributed by atoms with E-state index in [1.54, 1.807) is 13.0 Å². The van der Waals surface area contributed by atoms with Crippen LogP contribution in [0.3, 0.4) is 0 Å². The first kappa shape index (κ1) is 25.3. The Morgan fingerprint density at radius 1 is 1.24 bits per heavy atom. The molecule has 4 atom stereocenters. The molecule has 0 aromatic carbocycles. The van der Waals surface area contributed by atoms with Gasteiger partial charge < -0.3 is 15.2 Å². The number of halogens is 6. The molecule has 0 radical (unpaired) electrons. The SMILES string of the molecule is CC1=C(F)C(F)=CC(F)C1CC(=N)CC(=O)N1CCN2C(=CCC(C)N(C)C2C(F)(F)F)C1. The summed E-state index contributed by atoms with van der Waals surface area (Å²) < 4.78 is 82.6. The minimum absolute atomic E-state index is 0.0154. The molecule has 0 aromatic rings. The van der Waals surface area contributed by atoms with Crippen LogP contribution in [0.2, 0.25) is 0 Å². The maximum absolute atomic E-state index is 14.2. The van der Waals surface area contributed by atoms with Gasteiger partial charge >= 0.3 is 6.18 Å². The fourth-order valence-electron chi connectivity index (χ4n) is 4.57. The van der Waals surface area contributed by atoms with E-state index < -0.39 is 42.0 Å². The molecule has 1 saturated heterocycles. The number of fused-ring (bicyclic) bond motifs is 1. The van der Waals surface area contributed by atoms with Crippen LogP contribution in [0.4, 0.5) is 26.3 Å². The van der Waals surface area contributed by atoms with E-state index in [9.17, 15) is 31.1 Å². The summed E-state index contributed by atoms with van der Waals surface area (Å²) in [5.41, 5.74) is 0.111. The Morgan fingerprint density at radius 2 is 1.91 bits per heavy atom. The molecule has 2 aliphatic heterocycles. The number of amides is 1. The molecule has 0 aromatic heterocycles. The van der Waals surface area contributed by atoms with Crippen LogP contribution in [0.15, 0.2) is 35.1 Å². The third kappa shape index (κ3) is 5.28. The van der Waals surface area contributed by atoms with Crippen LogP contribution in [0, 0.1) is 11.3 Å². The van der Waals surface area contributed by atoms with Crippen LogP contribution in [0.1, 0.15) is 33.1 Å². The normalized spacial score (nSPS) is 29.4. The lowest BCUT2D eigenvalue weighted by Gasteiger charge is -2.45. The number of hydrogen-bond donors (Lipinski definition) is 1. The van der Waals surface area contributed by atoms with Gasteiger partial charge in [0.25, 0.3) is 0 Å². The first-order valence-corrected chi connectivity index (χ1v) is 10.8. The van der Waals surface area contributed by atoms with Crippen molar-refractivity contribution in [3.8, 4) is 0 Å². The van der Waals surface area contributed by atoms with Crippen molar-refractivity contribution in [1.82, 2.24) is 14.7 Å². The maximum atomic E-state index is 14.2. The first-order valence-electron chi connectivity index (χ1n) is 10.8. The fourth-order valence-corrected chi connectivity index (χ4v) is 4.57. The summed E-state index contributed by atoms with van der Waals surface area (Å²) in [5, 5.41) is 8.10. The van der Waals surface area contributed by atoms with Crippen LogP contribution in [0.25, 0.3) is 0 Å². The van der Waals surface area contributed by atoms with Gasteiger partial charge in [-0.1, -0.05) is 6.08 Å². The maximum Gasteiger partial charge on any atom is 0.422 e. The van der Waals surface area contributed by atoms with Gasteiger partial charge in [0.05, 0.1) is 13.0 Å². The lowest BCUT2D eigenvalue weighted by Crippen LogP contribution is -2.60. The third-order valence-corrected chi connectivity index (χ3v) is 6.68. The summed E-state index contributed by atoms with van der Waals surface area (Å²) in [6.07, 6.45) is -6.06. The number of carbonyl (C=O) groups is 1. The Bertz CT molecular complexity index is 896. The molecule has 184 valence electrons. The van der Waals surface area contributed by atoms with Crippen LogP contribution in [-0.4, -0.2) is 77.6 Å². The van der Waals surface area contributed by atoms with E-state index in [1.807, 2.05) is 0 Å². The molecule has 1 N–H and O–H groups in total. The molecule has 1 fully saturated rings. The van der Waals surface area contributed by atoms with Crippen molar-refractivity contribution >= 4 is 11.6 Å². The van der Waals surface area contributed by atoms with Crippen molar-refractivity contribution in [2.75, 3.05) is 26.7 Å². The second kappa shape index (κ2) is 9.52. The van der Waals surface area contributed by atoms with E-state index in [4.69, 9.17) is 5.41 Å². The zero-order chi connectivity index (χ0) is 24.7. The van der Waals surface area contributed by atoms with Gasteiger partial charge in [0.2, 0.25) is 5.91 Å². The standard InChI is InChI=1S/C22H28F6N4O/c1-12-4-5-15-11-31(6-7-32(15)21(30(12)3)22(26,27)28)19(33)9-14(29)8-16-13(2)20(25)18(24)10-17(16)23/h5,10,12,16-17,21,29H,4,6-9,11H2,1-3H3. The van der Waals surface area contributed by atoms with Gasteiger partial charge in [-0.15, -0.1) is 0 Å². The molecule has 2 heterocycles. The molecule has 3 aliphatic rings. The average molecular weight is 478 g/mol. The third-order valence-electron chi connectivity index (χ3n) is 6.68. The highest BCUT2D eigenvalue weighted by atomic mass is 19.4. The topological polar surface area (TPSA) is 50.6 Å². The number of allylic oxidation sites excluding steroid dienone is 4. The lowest BCUT2D eigenvalue weighted by molar-refractivity contribution is -0.222. The predicted molar refractivity (Wildman–Crippen MR) is 111 cm³/mol. The molecule has 0 bridgehead atoms. The zero-order valence-electron chi connectivity index (χ0n) is 18.7. The Hall–Kier alpha value is -2.30. The summed E-state index contributed by atoms with van der Waals surface area (Å²) in [5.74, 6) is -3.96. The second-order valence-electron chi connectivity index (χ2n) is 8.92. The van der Waals surface area contributed by atoms with Gasteiger partial charge in [-0.05, 0) is 45.4 Å². The fraction of sp³-hybridized carbons (Fsp3) is 0.636. The number of alkyl halides is 4.